The summed E-state index contributed by atoms with van der Waals surface area (Å²) >= 11 is 0. The average Bonchev–Trinajstić information content (AvgIpc) is 2.65. The van der Waals surface area contributed by atoms with E-state index >= 15 is 0 Å². The lowest BCUT2D eigenvalue weighted by molar-refractivity contribution is -0.129. The largest absolute Gasteiger partial charge is 0.494 e. The van der Waals surface area contributed by atoms with Gasteiger partial charge in [-0.15, -0.1) is 0 Å². The van der Waals surface area contributed by atoms with Gasteiger partial charge < -0.3 is 14.8 Å². The van der Waals surface area contributed by atoms with Gasteiger partial charge in [0.15, 0.2) is 6.10 Å². The van der Waals surface area contributed by atoms with E-state index in [1.165, 1.54) is 0 Å². The van der Waals surface area contributed by atoms with Crippen LogP contribution in [0.15, 0.2) is 54.6 Å². The summed E-state index contributed by atoms with van der Waals surface area (Å²) in [6.07, 6.45) is 0.0478. The Morgan fingerprint density at radius 1 is 1.04 bits per heavy atom. The lowest BCUT2D eigenvalue weighted by Crippen LogP contribution is -2.35. The predicted octanol–water partition coefficient (Wildman–Crippen LogP) is 3.34. The van der Waals surface area contributed by atoms with Crippen LogP contribution in [0, 0.1) is 0 Å². The Labute approximate surface area is 148 Å². The maximum atomic E-state index is 12.1. The van der Waals surface area contributed by atoms with E-state index < -0.39 is 12.1 Å². The molecule has 0 unspecified atom stereocenters. The van der Waals surface area contributed by atoms with Crippen molar-refractivity contribution in [2.75, 3.05) is 6.61 Å². The van der Waals surface area contributed by atoms with Crippen LogP contribution in [-0.2, 0) is 16.1 Å². The summed E-state index contributed by atoms with van der Waals surface area (Å²) in [6, 6.07) is 16.2. The number of carbonyl (C=O) groups is 2. The van der Waals surface area contributed by atoms with E-state index in [4.69, 9.17) is 9.47 Å². The molecule has 1 amide bonds. The van der Waals surface area contributed by atoms with Crippen molar-refractivity contribution in [3.63, 3.8) is 0 Å². The zero-order valence-corrected chi connectivity index (χ0v) is 14.5. The van der Waals surface area contributed by atoms with Gasteiger partial charge in [-0.3, -0.25) is 4.79 Å². The van der Waals surface area contributed by atoms with Gasteiger partial charge in [0.2, 0.25) is 0 Å². The van der Waals surface area contributed by atoms with Crippen LogP contribution in [0.25, 0.3) is 0 Å². The van der Waals surface area contributed by atoms with Crippen molar-refractivity contribution in [1.29, 1.82) is 0 Å². The zero-order chi connectivity index (χ0) is 18.1. The first kappa shape index (κ1) is 18.5. The summed E-state index contributed by atoms with van der Waals surface area (Å²) < 4.78 is 10.7. The number of ether oxygens (including phenoxy) is 2. The first-order valence-electron chi connectivity index (χ1n) is 8.35. The molecule has 0 radical (unpaired) electrons. The van der Waals surface area contributed by atoms with Crippen LogP contribution < -0.4 is 10.1 Å². The summed E-state index contributed by atoms with van der Waals surface area (Å²) in [7, 11) is 0. The van der Waals surface area contributed by atoms with Gasteiger partial charge in [0.1, 0.15) is 5.75 Å². The lowest BCUT2D eigenvalue weighted by atomic mass is 10.2. The van der Waals surface area contributed by atoms with Crippen LogP contribution >= 0.6 is 0 Å². The van der Waals surface area contributed by atoms with Crippen molar-refractivity contribution in [1.82, 2.24) is 5.32 Å². The molecule has 0 aliphatic heterocycles. The third kappa shape index (κ3) is 5.95. The third-order valence-electron chi connectivity index (χ3n) is 3.53. The molecule has 0 aromatic heterocycles. The average molecular weight is 341 g/mol. The molecule has 2 rings (SSSR count). The predicted molar refractivity (Wildman–Crippen MR) is 95.4 cm³/mol. The molecule has 0 saturated carbocycles. The summed E-state index contributed by atoms with van der Waals surface area (Å²) in [5.41, 5.74) is 1.36. The number of benzene rings is 2. The summed E-state index contributed by atoms with van der Waals surface area (Å²) in [6.45, 7) is 4.60. The molecule has 1 N–H and O–H groups in total. The molecule has 5 nitrogen and oxygen atoms in total. The Hall–Kier alpha value is -2.82. The fraction of sp³-hybridized carbons (Fsp3) is 0.300. The minimum Gasteiger partial charge on any atom is -0.494 e. The minimum atomic E-state index is -0.868. The molecule has 0 bridgehead atoms. The first-order valence-corrected chi connectivity index (χ1v) is 8.35. The molecule has 0 aliphatic carbocycles. The smallest absolute Gasteiger partial charge is 0.338 e. The van der Waals surface area contributed by atoms with E-state index in [9.17, 15) is 9.59 Å². The normalized spacial score (nSPS) is 11.4. The standard InChI is InChI=1S/C20H23NO4/c1-3-13-24-18-11-9-17(10-12-18)20(23)25-15(2)19(22)21-14-16-7-5-4-6-8-16/h4-12,15H,3,13-14H2,1-2H3,(H,21,22)/t15-/m1/s1. The highest BCUT2D eigenvalue weighted by atomic mass is 16.5. The number of hydrogen-bond acceptors (Lipinski definition) is 4. The molecular formula is C20H23NO4. The van der Waals surface area contributed by atoms with E-state index in [1.807, 2.05) is 37.3 Å². The van der Waals surface area contributed by atoms with Gasteiger partial charge in [-0.25, -0.2) is 4.79 Å². The van der Waals surface area contributed by atoms with E-state index in [0.717, 1.165) is 12.0 Å². The molecule has 0 fully saturated rings. The second-order valence-electron chi connectivity index (χ2n) is 5.62. The Morgan fingerprint density at radius 3 is 2.36 bits per heavy atom. The quantitative estimate of drug-likeness (QED) is 0.748. The molecule has 0 aliphatic rings. The van der Waals surface area contributed by atoms with Gasteiger partial charge in [0, 0.05) is 6.54 Å². The van der Waals surface area contributed by atoms with Crippen LogP contribution in [0.4, 0.5) is 0 Å². The molecule has 5 heteroatoms. The van der Waals surface area contributed by atoms with Gasteiger partial charge in [0.05, 0.1) is 12.2 Å². The topological polar surface area (TPSA) is 64.6 Å². The zero-order valence-electron chi connectivity index (χ0n) is 14.5. The third-order valence-corrected chi connectivity index (χ3v) is 3.53. The number of hydrogen-bond donors (Lipinski definition) is 1. The van der Waals surface area contributed by atoms with Gasteiger partial charge in [-0.05, 0) is 43.2 Å². The summed E-state index contributed by atoms with van der Waals surface area (Å²) in [4.78, 5) is 24.2. The van der Waals surface area contributed by atoms with Gasteiger partial charge >= 0.3 is 5.97 Å². The summed E-state index contributed by atoms with van der Waals surface area (Å²) in [5.74, 6) is -0.170. The van der Waals surface area contributed by atoms with E-state index in [0.29, 0.717) is 24.5 Å². The van der Waals surface area contributed by atoms with Crippen LogP contribution in [0.2, 0.25) is 0 Å². The Morgan fingerprint density at radius 2 is 1.72 bits per heavy atom. The van der Waals surface area contributed by atoms with Crippen molar-refractivity contribution in [3.8, 4) is 5.75 Å². The van der Waals surface area contributed by atoms with Crippen LogP contribution in [0.3, 0.4) is 0 Å². The van der Waals surface area contributed by atoms with Crippen molar-refractivity contribution >= 4 is 11.9 Å². The highest BCUT2D eigenvalue weighted by Gasteiger charge is 2.18. The SMILES string of the molecule is CCCOc1ccc(C(=O)O[C@H](C)C(=O)NCc2ccccc2)cc1. The number of amides is 1. The van der Waals surface area contributed by atoms with Crippen LogP contribution in [0.1, 0.15) is 36.2 Å². The molecular weight excluding hydrogens is 318 g/mol. The number of esters is 1. The Kier molecular flexibility index (Phi) is 7.01. The van der Waals surface area contributed by atoms with E-state index in [2.05, 4.69) is 5.32 Å². The van der Waals surface area contributed by atoms with Crippen molar-refractivity contribution in [2.24, 2.45) is 0 Å². The fourth-order valence-corrected chi connectivity index (χ4v) is 2.12. The Balaban J connectivity index is 1.83. The van der Waals surface area contributed by atoms with Gasteiger partial charge in [-0.2, -0.15) is 0 Å². The monoisotopic (exact) mass is 341 g/mol. The molecule has 0 heterocycles. The van der Waals surface area contributed by atoms with Gasteiger partial charge in [0.25, 0.3) is 5.91 Å². The molecule has 132 valence electrons. The Bertz CT molecular complexity index is 683. The molecule has 1 atom stereocenters. The second-order valence-corrected chi connectivity index (χ2v) is 5.62. The fourth-order valence-electron chi connectivity index (χ4n) is 2.12. The van der Waals surface area contributed by atoms with Crippen LogP contribution in [0.5, 0.6) is 5.75 Å². The molecule has 0 spiro atoms. The minimum absolute atomic E-state index is 0.333. The highest BCUT2D eigenvalue weighted by molar-refractivity contribution is 5.92. The van der Waals surface area contributed by atoms with Crippen molar-refractivity contribution < 1.29 is 19.1 Å². The molecule has 2 aromatic rings. The van der Waals surface area contributed by atoms with E-state index in [1.54, 1.807) is 31.2 Å². The second kappa shape index (κ2) is 9.47. The van der Waals surface area contributed by atoms with Crippen LogP contribution in [-0.4, -0.2) is 24.6 Å². The van der Waals surface area contributed by atoms with E-state index in [-0.39, 0.29) is 5.91 Å². The number of nitrogens with one attached hydrogen (secondary N) is 1. The maximum absolute atomic E-state index is 12.1. The number of rotatable bonds is 8. The number of carbonyl (C=O) groups excluding carboxylic acids is 2. The summed E-state index contributed by atoms with van der Waals surface area (Å²) in [5, 5.41) is 2.75. The van der Waals surface area contributed by atoms with Crippen molar-refractivity contribution in [3.05, 3.63) is 65.7 Å². The van der Waals surface area contributed by atoms with Gasteiger partial charge in [-0.1, -0.05) is 37.3 Å². The lowest BCUT2D eigenvalue weighted by Gasteiger charge is -2.14. The molecule has 2 aromatic carbocycles. The molecule has 0 saturated heterocycles. The van der Waals surface area contributed by atoms with Crippen molar-refractivity contribution in [2.45, 2.75) is 32.9 Å². The highest BCUT2D eigenvalue weighted by Crippen LogP contribution is 2.14. The maximum Gasteiger partial charge on any atom is 0.338 e. The molecule has 25 heavy (non-hydrogen) atoms. The first-order chi connectivity index (χ1) is 12.1.